The zero-order valence-electron chi connectivity index (χ0n) is 20.2. The molecule has 1 saturated carbocycles. The van der Waals surface area contributed by atoms with Crippen LogP contribution in [0.3, 0.4) is 0 Å². The molecule has 0 radical (unpaired) electrons. The first-order chi connectivity index (χ1) is 16.5. The Balaban J connectivity index is 1.22. The second-order valence-electron chi connectivity index (χ2n) is 11.0. The van der Waals surface area contributed by atoms with Crippen LogP contribution in [0.2, 0.25) is 0 Å². The highest BCUT2D eigenvalue weighted by atomic mass is 32.2. The molecule has 4 atom stereocenters. The van der Waals surface area contributed by atoms with Gasteiger partial charge in [0.05, 0.1) is 11.8 Å². The Morgan fingerprint density at radius 1 is 1.00 bits per heavy atom. The van der Waals surface area contributed by atoms with Crippen molar-refractivity contribution in [2.24, 2.45) is 11.8 Å². The van der Waals surface area contributed by atoms with Crippen molar-refractivity contribution in [2.45, 2.75) is 57.0 Å². The summed E-state index contributed by atoms with van der Waals surface area (Å²) in [5.41, 5.74) is 5.70. The van der Waals surface area contributed by atoms with Crippen LogP contribution in [0.4, 0.5) is 5.69 Å². The Hall–Kier alpha value is -1.89. The summed E-state index contributed by atoms with van der Waals surface area (Å²) in [6.07, 6.45) is 5.61. The molecule has 0 spiro atoms. The average molecular weight is 480 g/mol. The Morgan fingerprint density at radius 2 is 1.76 bits per heavy atom. The van der Waals surface area contributed by atoms with E-state index < -0.39 is 10.0 Å². The van der Waals surface area contributed by atoms with Crippen LogP contribution in [0.1, 0.15) is 48.8 Å². The lowest BCUT2D eigenvalue weighted by molar-refractivity contribution is 0.171. The summed E-state index contributed by atoms with van der Waals surface area (Å²) >= 11 is 0. The molecule has 0 aromatic heterocycles. The van der Waals surface area contributed by atoms with Crippen molar-refractivity contribution in [1.29, 1.82) is 0 Å². The second-order valence-corrected chi connectivity index (χ2v) is 12.9. The van der Waals surface area contributed by atoms with Gasteiger partial charge < -0.3 is 4.90 Å². The Labute approximate surface area is 204 Å². The van der Waals surface area contributed by atoms with E-state index in [1.807, 2.05) is 6.92 Å². The van der Waals surface area contributed by atoms with E-state index in [2.05, 4.69) is 63.1 Å². The molecule has 2 unspecified atom stereocenters. The van der Waals surface area contributed by atoms with Crippen molar-refractivity contribution in [1.82, 2.24) is 9.62 Å². The van der Waals surface area contributed by atoms with Gasteiger partial charge in [-0.1, -0.05) is 43.3 Å². The van der Waals surface area contributed by atoms with E-state index in [0.717, 1.165) is 37.8 Å². The molecule has 2 aromatic rings. The fourth-order valence-corrected chi connectivity index (χ4v) is 7.98. The summed E-state index contributed by atoms with van der Waals surface area (Å²) in [6, 6.07) is 18.7. The molecule has 2 heterocycles. The van der Waals surface area contributed by atoms with E-state index >= 15 is 0 Å². The highest BCUT2D eigenvalue weighted by Crippen LogP contribution is 2.49. The third-order valence-electron chi connectivity index (χ3n) is 8.54. The maximum absolute atomic E-state index is 12.1. The third kappa shape index (κ3) is 4.52. The van der Waals surface area contributed by atoms with Crippen LogP contribution in [-0.2, 0) is 22.9 Å². The number of benzene rings is 2. The molecule has 6 heteroatoms. The first-order valence-corrected chi connectivity index (χ1v) is 14.8. The van der Waals surface area contributed by atoms with Crippen molar-refractivity contribution < 1.29 is 8.42 Å². The van der Waals surface area contributed by atoms with Crippen molar-refractivity contribution in [3.05, 3.63) is 65.2 Å². The van der Waals surface area contributed by atoms with E-state index in [4.69, 9.17) is 0 Å². The SMILES string of the molecule is CCCS(=O)(=O)NC1CN(c2ccc3c(c2)[C@@H](Cc2ccccc2)[C@@H](N2CC4CC4C2)CC3)C1. The lowest BCUT2D eigenvalue weighted by atomic mass is 9.75. The zero-order valence-corrected chi connectivity index (χ0v) is 21.0. The molecule has 0 amide bonds. The number of fused-ring (bicyclic) bond motifs is 2. The number of rotatable bonds is 8. The summed E-state index contributed by atoms with van der Waals surface area (Å²) in [6.45, 7) is 6.00. The van der Waals surface area contributed by atoms with Crippen LogP contribution >= 0.6 is 0 Å². The van der Waals surface area contributed by atoms with Gasteiger partial charge >= 0.3 is 0 Å². The lowest BCUT2D eigenvalue weighted by Gasteiger charge is -2.43. The van der Waals surface area contributed by atoms with Crippen molar-refractivity contribution in [3.63, 3.8) is 0 Å². The molecular weight excluding hydrogens is 442 g/mol. The molecule has 1 N–H and O–H groups in total. The van der Waals surface area contributed by atoms with Crippen LogP contribution in [0.5, 0.6) is 0 Å². The number of aryl methyl sites for hydroxylation is 1. The highest BCUT2D eigenvalue weighted by molar-refractivity contribution is 7.89. The second kappa shape index (κ2) is 8.96. The number of anilines is 1. The van der Waals surface area contributed by atoms with Crippen LogP contribution in [0, 0.1) is 11.8 Å². The van der Waals surface area contributed by atoms with Gasteiger partial charge in [-0.2, -0.15) is 0 Å². The Kier molecular flexibility index (Phi) is 5.95. The van der Waals surface area contributed by atoms with Gasteiger partial charge in [-0.3, -0.25) is 4.90 Å². The van der Waals surface area contributed by atoms with Gasteiger partial charge in [0.15, 0.2) is 0 Å². The van der Waals surface area contributed by atoms with Crippen molar-refractivity contribution in [2.75, 3.05) is 36.8 Å². The van der Waals surface area contributed by atoms with Crippen LogP contribution in [-0.4, -0.2) is 57.3 Å². The monoisotopic (exact) mass is 479 g/mol. The number of hydrogen-bond donors (Lipinski definition) is 1. The molecule has 34 heavy (non-hydrogen) atoms. The summed E-state index contributed by atoms with van der Waals surface area (Å²) in [7, 11) is -3.16. The number of hydrogen-bond acceptors (Lipinski definition) is 4. The van der Waals surface area contributed by atoms with Crippen LogP contribution in [0.15, 0.2) is 48.5 Å². The first kappa shape index (κ1) is 22.6. The maximum Gasteiger partial charge on any atom is 0.211 e. The number of nitrogens with one attached hydrogen (secondary N) is 1. The maximum atomic E-state index is 12.1. The van der Waals surface area contributed by atoms with Gasteiger partial charge in [-0.15, -0.1) is 0 Å². The largest absolute Gasteiger partial charge is 0.368 e. The van der Waals surface area contributed by atoms with Gasteiger partial charge in [-0.25, -0.2) is 13.1 Å². The number of sulfonamides is 1. The van der Waals surface area contributed by atoms with E-state index in [9.17, 15) is 8.42 Å². The summed E-state index contributed by atoms with van der Waals surface area (Å²) in [5.74, 6) is 2.64. The van der Waals surface area contributed by atoms with Crippen LogP contribution < -0.4 is 9.62 Å². The van der Waals surface area contributed by atoms with E-state index in [0.29, 0.717) is 18.4 Å². The standard InChI is InChI=1S/C28H37N3O2S/c1-2-12-34(32,33)29-24-18-30(19-24)25-10-8-21-9-11-28(31-16-22-14-23(22)17-31)27(26(21)15-25)13-20-6-4-3-5-7-20/h3-8,10,15,22-24,27-29H,2,9,11-14,16-19H2,1H3/t22?,23?,27-,28+/m1/s1. The van der Waals surface area contributed by atoms with Gasteiger partial charge in [0.1, 0.15) is 0 Å². The fourth-order valence-electron chi connectivity index (χ4n) is 6.67. The smallest absolute Gasteiger partial charge is 0.211 e. The molecule has 6 rings (SSSR count). The molecule has 182 valence electrons. The zero-order chi connectivity index (χ0) is 23.3. The topological polar surface area (TPSA) is 52.7 Å². The minimum atomic E-state index is -3.16. The van der Waals surface area contributed by atoms with Gasteiger partial charge in [0.2, 0.25) is 10.0 Å². The number of nitrogens with zero attached hydrogens (tertiary/aromatic N) is 2. The summed E-state index contributed by atoms with van der Waals surface area (Å²) < 4.78 is 27.2. The minimum absolute atomic E-state index is 0.0248. The quantitative estimate of drug-likeness (QED) is 0.626. The number of piperidine rings is 1. The molecule has 2 aliphatic carbocycles. The molecule has 2 aliphatic heterocycles. The lowest BCUT2D eigenvalue weighted by Crippen LogP contribution is -2.59. The predicted molar refractivity (Wildman–Crippen MR) is 138 cm³/mol. The van der Waals surface area contributed by atoms with Gasteiger partial charge in [0.25, 0.3) is 0 Å². The number of likely N-dealkylation sites (tertiary alicyclic amines) is 1. The predicted octanol–water partition coefficient (Wildman–Crippen LogP) is 3.80. The minimum Gasteiger partial charge on any atom is -0.368 e. The fraction of sp³-hybridized carbons (Fsp3) is 0.571. The van der Waals surface area contributed by atoms with Crippen molar-refractivity contribution >= 4 is 15.7 Å². The normalized spacial score (nSPS) is 28.9. The van der Waals surface area contributed by atoms with E-state index in [-0.39, 0.29) is 11.8 Å². The molecular formula is C28H37N3O2S. The molecule has 0 bridgehead atoms. The summed E-state index contributed by atoms with van der Waals surface area (Å²) in [5, 5.41) is 0. The molecule has 3 fully saturated rings. The van der Waals surface area contributed by atoms with Crippen molar-refractivity contribution in [3.8, 4) is 0 Å². The van der Waals surface area contributed by atoms with E-state index in [1.165, 1.54) is 48.3 Å². The Bertz CT molecular complexity index is 1120. The highest BCUT2D eigenvalue weighted by Gasteiger charge is 2.48. The molecule has 5 nitrogen and oxygen atoms in total. The van der Waals surface area contributed by atoms with Gasteiger partial charge in [-0.05, 0) is 72.8 Å². The molecule has 2 saturated heterocycles. The van der Waals surface area contributed by atoms with Crippen LogP contribution in [0.25, 0.3) is 0 Å². The van der Waals surface area contributed by atoms with E-state index in [1.54, 1.807) is 0 Å². The molecule has 4 aliphatic rings. The first-order valence-electron chi connectivity index (χ1n) is 13.1. The summed E-state index contributed by atoms with van der Waals surface area (Å²) in [4.78, 5) is 5.14. The van der Waals surface area contributed by atoms with Gasteiger partial charge in [0, 0.05) is 43.8 Å². The third-order valence-corrected chi connectivity index (χ3v) is 10.2. The molecule has 2 aromatic carbocycles. The average Bonchev–Trinajstić information content (AvgIpc) is 3.41. The Morgan fingerprint density at radius 3 is 2.50 bits per heavy atom.